The first-order valence-electron chi connectivity index (χ1n) is 4.96. The molecule has 0 bridgehead atoms. The number of sulfone groups is 1. The van der Waals surface area contributed by atoms with Crippen LogP contribution in [0.4, 0.5) is 0 Å². The average molecular weight is 302 g/mol. The van der Waals surface area contributed by atoms with Crippen molar-refractivity contribution in [2.45, 2.75) is 11.3 Å². The summed E-state index contributed by atoms with van der Waals surface area (Å²) < 4.78 is 25.1. The minimum Gasteiger partial charge on any atom is -0.319 e. The van der Waals surface area contributed by atoms with E-state index in [1.54, 1.807) is 18.2 Å². The summed E-state index contributed by atoms with van der Waals surface area (Å²) >= 11 is 3.37. The lowest BCUT2D eigenvalue weighted by Gasteiger charge is -2.03. The van der Waals surface area contributed by atoms with Crippen molar-refractivity contribution in [2.75, 3.05) is 13.6 Å². The normalized spacial score (nSPS) is 17.0. The van der Waals surface area contributed by atoms with Crippen LogP contribution < -0.4 is 5.32 Å². The van der Waals surface area contributed by atoms with Gasteiger partial charge in [0.15, 0.2) is 0 Å². The first kappa shape index (κ1) is 11.8. The molecule has 1 aromatic rings. The molecule has 0 amide bonds. The molecular weight excluding hydrogens is 290 g/mol. The van der Waals surface area contributed by atoms with E-state index in [-0.39, 0.29) is 0 Å². The van der Waals surface area contributed by atoms with Crippen LogP contribution in [0.3, 0.4) is 0 Å². The Labute approximate surface area is 104 Å². The Morgan fingerprint density at radius 2 is 2.12 bits per heavy atom. The molecular formula is C11H12BrNO2S. The van der Waals surface area contributed by atoms with Crippen molar-refractivity contribution in [3.05, 3.63) is 33.1 Å². The van der Waals surface area contributed by atoms with Crippen LogP contribution in [0.1, 0.15) is 12.0 Å². The maximum atomic E-state index is 12.1. The van der Waals surface area contributed by atoms with Gasteiger partial charge in [0, 0.05) is 10.0 Å². The summed E-state index contributed by atoms with van der Waals surface area (Å²) in [6, 6.07) is 5.25. The Morgan fingerprint density at radius 1 is 1.38 bits per heavy atom. The highest BCUT2D eigenvalue weighted by atomic mass is 79.9. The summed E-state index contributed by atoms with van der Waals surface area (Å²) in [5.74, 6) is 0. The van der Waals surface area contributed by atoms with E-state index in [9.17, 15) is 8.42 Å². The largest absolute Gasteiger partial charge is 0.319 e. The van der Waals surface area contributed by atoms with Gasteiger partial charge >= 0.3 is 0 Å². The van der Waals surface area contributed by atoms with E-state index in [0.29, 0.717) is 22.8 Å². The fraction of sp³-hybridized carbons (Fsp3) is 0.273. The van der Waals surface area contributed by atoms with Crippen molar-refractivity contribution in [1.82, 2.24) is 5.32 Å². The molecule has 1 heterocycles. The van der Waals surface area contributed by atoms with E-state index < -0.39 is 9.84 Å². The molecule has 5 heteroatoms. The summed E-state index contributed by atoms with van der Waals surface area (Å²) in [5, 5.41) is 2.96. The standard InChI is InChI=1S/C11H12BrNO2S/c1-13-6-5-8-7-9-10(12)3-2-4-11(9)16(8,14)15/h2-4,7,13H,5-6H2,1H3. The maximum Gasteiger partial charge on any atom is 0.203 e. The molecule has 1 N–H and O–H groups in total. The highest BCUT2D eigenvalue weighted by Gasteiger charge is 2.29. The fourth-order valence-corrected chi connectivity index (χ4v) is 3.98. The van der Waals surface area contributed by atoms with Crippen LogP contribution in [0.2, 0.25) is 0 Å². The molecule has 16 heavy (non-hydrogen) atoms. The quantitative estimate of drug-likeness (QED) is 0.931. The van der Waals surface area contributed by atoms with Gasteiger partial charge in [-0.2, -0.15) is 0 Å². The number of hydrogen-bond acceptors (Lipinski definition) is 3. The first-order chi connectivity index (χ1) is 7.57. The third-order valence-electron chi connectivity index (χ3n) is 2.57. The summed E-state index contributed by atoms with van der Waals surface area (Å²) in [4.78, 5) is 0.900. The Morgan fingerprint density at radius 3 is 2.75 bits per heavy atom. The molecule has 0 spiro atoms. The smallest absolute Gasteiger partial charge is 0.203 e. The minimum absolute atomic E-state index is 0.410. The van der Waals surface area contributed by atoms with Crippen LogP contribution in [-0.4, -0.2) is 22.0 Å². The van der Waals surface area contributed by atoms with Gasteiger partial charge in [-0.1, -0.05) is 22.0 Å². The summed E-state index contributed by atoms with van der Waals surface area (Å²) in [5.41, 5.74) is 0.772. The fourth-order valence-electron chi connectivity index (χ4n) is 1.73. The van der Waals surface area contributed by atoms with E-state index in [1.807, 2.05) is 13.1 Å². The van der Waals surface area contributed by atoms with Crippen LogP contribution >= 0.6 is 15.9 Å². The van der Waals surface area contributed by atoms with E-state index in [0.717, 1.165) is 10.0 Å². The van der Waals surface area contributed by atoms with Crippen molar-refractivity contribution >= 4 is 31.8 Å². The molecule has 86 valence electrons. The Balaban J connectivity index is 2.49. The molecule has 0 aromatic heterocycles. The van der Waals surface area contributed by atoms with E-state index in [1.165, 1.54) is 0 Å². The lowest BCUT2D eigenvalue weighted by Crippen LogP contribution is -2.11. The highest BCUT2D eigenvalue weighted by Crippen LogP contribution is 2.37. The third-order valence-corrected chi connectivity index (χ3v) is 5.21. The van der Waals surface area contributed by atoms with Gasteiger partial charge in [0.2, 0.25) is 9.84 Å². The lowest BCUT2D eigenvalue weighted by molar-refractivity contribution is 0.600. The number of halogens is 1. The van der Waals surface area contributed by atoms with Crippen LogP contribution in [0, 0.1) is 0 Å². The third kappa shape index (κ3) is 1.83. The van der Waals surface area contributed by atoms with Gasteiger partial charge < -0.3 is 5.32 Å². The van der Waals surface area contributed by atoms with Gasteiger partial charge in [0.1, 0.15) is 0 Å². The molecule has 0 unspecified atom stereocenters. The van der Waals surface area contributed by atoms with Crippen LogP contribution in [0.5, 0.6) is 0 Å². The topological polar surface area (TPSA) is 46.2 Å². The Bertz CT molecular complexity index is 549. The molecule has 0 saturated heterocycles. The van der Waals surface area contributed by atoms with Gasteiger partial charge in [-0.25, -0.2) is 8.42 Å². The number of fused-ring (bicyclic) bond motifs is 1. The van der Waals surface area contributed by atoms with Gasteiger partial charge in [-0.05, 0) is 38.2 Å². The van der Waals surface area contributed by atoms with Crippen molar-refractivity contribution < 1.29 is 8.42 Å². The molecule has 0 atom stereocenters. The zero-order valence-electron chi connectivity index (χ0n) is 8.83. The molecule has 0 aliphatic carbocycles. The monoisotopic (exact) mass is 301 g/mol. The maximum absolute atomic E-state index is 12.1. The summed E-state index contributed by atoms with van der Waals surface area (Å²) in [6.45, 7) is 0.663. The van der Waals surface area contributed by atoms with Crippen molar-refractivity contribution in [1.29, 1.82) is 0 Å². The van der Waals surface area contributed by atoms with E-state index in [4.69, 9.17) is 0 Å². The van der Waals surface area contributed by atoms with Crippen molar-refractivity contribution in [2.24, 2.45) is 0 Å². The molecule has 2 rings (SSSR count). The molecule has 0 saturated carbocycles. The van der Waals surface area contributed by atoms with E-state index in [2.05, 4.69) is 21.2 Å². The lowest BCUT2D eigenvalue weighted by atomic mass is 10.2. The van der Waals surface area contributed by atoms with Gasteiger partial charge in [0.25, 0.3) is 0 Å². The second-order valence-electron chi connectivity index (χ2n) is 3.62. The second-order valence-corrected chi connectivity index (χ2v) is 6.44. The summed E-state index contributed by atoms with van der Waals surface area (Å²) in [7, 11) is -1.44. The SMILES string of the molecule is CNCCC1=Cc2c(Br)cccc2S1(=O)=O. The van der Waals surface area contributed by atoms with Crippen LogP contribution in [-0.2, 0) is 9.84 Å². The zero-order chi connectivity index (χ0) is 11.8. The minimum atomic E-state index is -3.25. The van der Waals surface area contributed by atoms with Gasteiger partial charge in [-0.15, -0.1) is 0 Å². The number of nitrogens with one attached hydrogen (secondary N) is 1. The molecule has 1 aliphatic rings. The van der Waals surface area contributed by atoms with Crippen LogP contribution in [0.25, 0.3) is 6.08 Å². The number of hydrogen-bond donors (Lipinski definition) is 1. The van der Waals surface area contributed by atoms with E-state index >= 15 is 0 Å². The summed E-state index contributed by atoms with van der Waals surface area (Å²) in [6.07, 6.45) is 2.28. The highest BCUT2D eigenvalue weighted by molar-refractivity contribution is 9.10. The van der Waals surface area contributed by atoms with Crippen molar-refractivity contribution in [3.8, 4) is 0 Å². The first-order valence-corrected chi connectivity index (χ1v) is 7.24. The van der Waals surface area contributed by atoms with Crippen molar-refractivity contribution in [3.63, 3.8) is 0 Å². The van der Waals surface area contributed by atoms with Gasteiger partial charge in [0.05, 0.1) is 9.80 Å². The molecule has 3 nitrogen and oxygen atoms in total. The average Bonchev–Trinajstić information content (AvgIpc) is 2.50. The predicted molar refractivity (Wildman–Crippen MR) is 67.8 cm³/mol. The molecule has 1 aromatic carbocycles. The van der Waals surface area contributed by atoms with Gasteiger partial charge in [-0.3, -0.25) is 0 Å². The Kier molecular flexibility index (Phi) is 3.19. The number of rotatable bonds is 3. The zero-order valence-corrected chi connectivity index (χ0v) is 11.2. The van der Waals surface area contributed by atoms with Crippen LogP contribution in [0.15, 0.2) is 32.5 Å². The second kappa shape index (κ2) is 4.31. The molecule has 0 fully saturated rings. The number of benzene rings is 1. The molecule has 1 aliphatic heterocycles. The molecule has 0 radical (unpaired) electrons. The Hall–Kier alpha value is -0.650. The predicted octanol–water partition coefficient (Wildman–Crippen LogP) is 2.19.